The average Bonchev–Trinajstić information content (AvgIpc) is 2.97. The predicted octanol–water partition coefficient (Wildman–Crippen LogP) is 2.37. The average molecular weight is 330 g/mol. The van der Waals surface area contributed by atoms with Crippen molar-refractivity contribution in [3.8, 4) is 11.3 Å². The summed E-state index contributed by atoms with van der Waals surface area (Å²) in [7, 11) is 0. The van der Waals surface area contributed by atoms with Crippen LogP contribution in [-0.4, -0.2) is 35.8 Å². The predicted molar refractivity (Wildman–Crippen MR) is 86.6 cm³/mol. The number of amides is 2. The maximum atomic E-state index is 13.7. The zero-order chi connectivity index (χ0) is 17.1. The first-order valence-electron chi connectivity index (χ1n) is 7.91. The van der Waals surface area contributed by atoms with Gasteiger partial charge in [0.05, 0.1) is 11.6 Å². The van der Waals surface area contributed by atoms with Gasteiger partial charge in [0.15, 0.2) is 0 Å². The molecule has 1 fully saturated rings. The number of halogens is 1. The van der Waals surface area contributed by atoms with Gasteiger partial charge in [-0.3, -0.25) is 9.59 Å². The van der Waals surface area contributed by atoms with Gasteiger partial charge in [-0.2, -0.15) is 0 Å². The van der Waals surface area contributed by atoms with Crippen molar-refractivity contribution in [3.63, 3.8) is 0 Å². The van der Waals surface area contributed by atoms with E-state index in [1.165, 1.54) is 13.0 Å². The number of hydrogen-bond acceptors (Lipinski definition) is 3. The summed E-state index contributed by atoms with van der Waals surface area (Å²) in [6.45, 7) is 2.65. The molecule has 0 atom stereocenters. The lowest BCUT2D eigenvalue weighted by atomic mass is 10.1. The van der Waals surface area contributed by atoms with Crippen molar-refractivity contribution in [1.82, 2.24) is 10.2 Å². The molecule has 0 saturated carbocycles. The monoisotopic (exact) mass is 330 g/mol. The van der Waals surface area contributed by atoms with Crippen LogP contribution in [-0.2, 0) is 16.0 Å². The van der Waals surface area contributed by atoms with Crippen LogP contribution < -0.4 is 5.32 Å². The van der Waals surface area contributed by atoms with E-state index in [0.717, 1.165) is 0 Å². The Hall–Kier alpha value is -2.63. The number of hydrogen-bond donors (Lipinski definition) is 1. The summed E-state index contributed by atoms with van der Waals surface area (Å²) in [6.07, 6.45) is 0.740. The van der Waals surface area contributed by atoms with Crippen LogP contribution in [0.4, 0.5) is 4.39 Å². The standard InChI is InChI=1S/C18H19FN2O3/c1-12(22)21-10-13(11-21)20-18(23)9-7-14-6-8-17(24-14)15-4-2-3-5-16(15)19/h2-6,8,13H,7,9-11H2,1H3,(H,20,23). The maximum absolute atomic E-state index is 13.7. The second kappa shape index (κ2) is 6.86. The SMILES string of the molecule is CC(=O)N1CC(NC(=O)CCc2ccc(-c3ccccc3F)o2)C1. The number of furan rings is 1. The fourth-order valence-electron chi connectivity index (χ4n) is 2.68. The number of nitrogens with zero attached hydrogens (tertiary/aromatic N) is 1. The molecule has 0 bridgehead atoms. The number of aryl methyl sites for hydroxylation is 1. The number of likely N-dealkylation sites (tertiary alicyclic amines) is 1. The highest BCUT2D eigenvalue weighted by Gasteiger charge is 2.29. The maximum Gasteiger partial charge on any atom is 0.220 e. The van der Waals surface area contributed by atoms with Crippen LogP contribution >= 0.6 is 0 Å². The molecule has 1 N–H and O–H groups in total. The highest BCUT2D eigenvalue weighted by atomic mass is 19.1. The van der Waals surface area contributed by atoms with Crippen LogP contribution in [0.1, 0.15) is 19.1 Å². The van der Waals surface area contributed by atoms with Gasteiger partial charge in [-0.15, -0.1) is 0 Å². The number of rotatable bonds is 5. The minimum atomic E-state index is -0.337. The topological polar surface area (TPSA) is 62.6 Å². The highest BCUT2D eigenvalue weighted by molar-refractivity contribution is 5.78. The smallest absolute Gasteiger partial charge is 0.220 e. The first-order chi connectivity index (χ1) is 11.5. The third-order valence-corrected chi connectivity index (χ3v) is 4.09. The molecule has 1 aromatic carbocycles. The number of benzene rings is 1. The van der Waals surface area contributed by atoms with Crippen LogP contribution in [0, 0.1) is 5.82 Å². The van der Waals surface area contributed by atoms with E-state index in [0.29, 0.717) is 43.0 Å². The van der Waals surface area contributed by atoms with E-state index in [9.17, 15) is 14.0 Å². The molecular weight excluding hydrogens is 311 g/mol. The molecule has 2 aromatic rings. The van der Waals surface area contributed by atoms with Gasteiger partial charge in [0.2, 0.25) is 11.8 Å². The first-order valence-corrected chi connectivity index (χ1v) is 7.91. The number of carbonyl (C=O) groups excluding carboxylic acids is 2. The van der Waals surface area contributed by atoms with E-state index in [2.05, 4.69) is 5.32 Å². The van der Waals surface area contributed by atoms with E-state index >= 15 is 0 Å². The quantitative estimate of drug-likeness (QED) is 0.915. The second-order valence-electron chi connectivity index (χ2n) is 5.93. The largest absolute Gasteiger partial charge is 0.461 e. The van der Waals surface area contributed by atoms with E-state index in [4.69, 9.17) is 4.42 Å². The fraction of sp³-hybridized carbons (Fsp3) is 0.333. The zero-order valence-electron chi connectivity index (χ0n) is 13.4. The van der Waals surface area contributed by atoms with Gasteiger partial charge in [-0.25, -0.2) is 4.39 Å². The molecule has 2 heterocycles. The third-order valence-electron chi connectivity index (χ3n) is 4.09. The molecule has 0 radical (unpaired) electrons. The molecule has 2 amide bonds. The number of nitrogens with one attached hydrogen (secondary N) is 1. The lowest BCUT2D eigenvalue weighted by molar-refractivity contribution is -0.135. The van der Waals surface area contributed by atoms with Crippen LogP contribution in [0.3, 0.4) is 0 Å². The third kappa shape index (κ3) is 3.64. The summed E-state index contributed by atoms with van der Waals surface area (Å²) in [5, 5.41) is 2.88. The Morgan fingerprint density at radius 1 is 1.25 bits per heavy atom. The van der Waals surface area contributed by atoms with Gasteiger partial charge in [0, 0.05) is 32.9 Å². The van der Waals surface area contributed by atoms with Crippen LogP contribution in [0.15, 0.2) is 40.8 Å². The first kappa shape index (κ1) is 16.2. The molecule has 1 aliphatic rings. The van der Waals surface area contributed by atoms with Crippen LogP contribution in [0.5, 0.6) is 0 Å². The van der Waals surface area contributed by atoms with E-state index in [-0.39, 0.29) is 23.7 Å². The minimum absolute atomic E-state index is 0.0248. The van der Waals surface area contributed by atoms with Gasteiger partial charge in [-0.1, -0.05) is 12.1 Å². The van der Waals surface area contributed by atoms with E-state index in [1.54, 1.807) is 35.2 Å². The molecule has 126 valence electrons. The van der Waals surface area contributed by atoms with Crippen molar-refractivity contribution in [2.45, 2.75) is 25.8 Å². The summed E-state index contributed by atoms with van der Waals surface area (Å²) < 4.78 is 19.3. The number of carbonyl (C=O) groups is 2. The lowest BCUT2D eigenvalue weighted by Crippen LogP contribution is -2.60. The Labute approximate surface area is 139 Å². The van der Waals surface area contributed by atoms with Crippen molar-refractivity contribution in [1.29, 1.82) is 0 Å². The molecule has 3 rings (SSSR count). The molecule has 0 spiro atoms. The molecule has 0 unspecified atom stereocenters. The van der Waals surface area contributed by atoms with E-state index in [1.807, 2.05) is 0 Å². The molecule has 6 heteroatoms. The summed E-state index contributed by atoms with van der Waals surface area (Å²) in [5.74, 6) is 0.710. The fourth-order valence-corrected chi connectivity index (χ4v) is 2.68. The molecule has 1 aromatic heterocycles. The molecular formula is C18H19FN2O3. The summed E-state index contributed by atoms with van der Waals surface area (Å²) >= 11 is 0. The Kier molecular flexibility index (Phi) is 4.64. The zero-order valence-corrected chi connectivity index (χ0v) is 13.4. The normalized spacial score (nSPS) is 14.3. The van der Waals surface area contributed by atoms with Gasteiger partial charge in [-0.05, 0) is 24.3 Å². The lowest BCUT2D eigenvalue weighted by Gasteiger charge is -2.38. The molecule has 5 nitrogen and oxygen atoms in total. The van der Waals surface area contributed by atoms with Crippen molar-refractivity contribution in [3.05, 3.63) is 48.0 Å². The summed E-state index contributed by atoms with van der Waals surface area (Å²) in [4.78, 5) is 24.7. The van der Waals surface area contributed by atoms with Crippen molar-refractivity contribution in [2.75, 3.05) is 13.1 Å². The Morgan fingerprint density at radius 3 is 2.71 bits per heavy atom. The van der Waals surface area contributed by atoms with Crippen molar-refractivity contribution in [2.24, 2.45) is 0 Å². The molecule has 1 aliphatic heterocycles. The summed E-state index contributed by atoms with van der Waals surface area (Å²) in [6, 6.07) is 9.92. The van der Waals surface area contributed by atoms with Gasteiger partial charge in [0.1, 0.15) is 17.3 Å². The highest BCUT2D eigenvalue weighted by Crippen LogP contribution is 2.25. The Balaban J connectivity index is 1.48. The Bertz CT molecular complexity index is 750. The molecule has 0 aliphatic carbocycles. The van der Waals surface area contributed by atoms with Crippen molar-refractivity contribution >= 4 is 11.8 Å². The Morgan fingerprint density at radius 2 is 2.00 bits per heavy atom. The van der Waals surface area contributed by atoms with Crippen molar-refractivity contribution < 1.29 is 18.4 Å². The van der Waals surface area contributed by atoms with Gasteiger partial charge in [0.25, 0.3) is 0 Å². The summed E-state index contributed by atoms with van der Waals surface area (Å²) in [5.41, 5.74) is 0.409. The van der Waals surface area contributed by atoms with E-state index < -0.39 is 0 Å². The van der Waals surface area contributed by atoms with Gasteiger partial charge >= 0.3 is 0 Å². The van der Waals surface area contributed by atoms with Gasteiger partial charge < -0.3 is 14.6 Å². The second-order valence-corrected chi connectivity index (χ2v) is 5.93. The minimum Gasteiger partial charge on any atom is -0.461 e. The molecule has 1 saturated heterocycles. The van der Waals surface area contributed by atoms with Crippen LogP contribution in [0.25, 0.3) is 11.3 Å². The molecule has 24 heavy (non-hydrogen) atoms. The van der Waals surface area contributed by atoms with Crippen LogP contribution in [0.2, 0.25) is 0 Å².